The number of nitrogens with zero attached hydrogens (tertiary/aromatic N) is 3. The molecule has 112 valence electrons. The Morgan fingerprint density at radius 2 is 1.40 bits per heavy atom. The molecule has 2 unspecified atom stereocenters. The first-order chi connectivity index (χ1) is 9.88. The van der Waals surface area contributed by atoms with Gasteiger partial charge in [-0.05, 0) is 64.7 Å². The van der Waals surface area contributed by atoms with Crippen molar-refractivity contribution >= 4 is 0 Å². The van der Waals surface area contributed by atoms with Crippen LogP contribution in [0.25, 0.3) is 0 Å². The Morgan fingerprint density at radius 3 is 2.10 bits per heavy atom. The largest absolute Gasteiger partial charge is 0.300 e. The number of nitriles is 1. The molecule has 0 bridgehead atoms. The Hall–Kier alpha value is -0.590. The van der Waals surface area contributed by atoms with Gasteiger partial charge >= 0.3 is 0 Å². The van der Waals surface area contributed by atoms with E-state index < -0.39 is 0 Å². The van der Waals surface area contributed by atoms with E-state index in [-0.39, 0.29) is 0 Å². The summed E-state index contributed by atoms with van der Waals surface area (Å²) in [6, 6.07) is 3.97. The molecule has 3 rings (SSSR count). The van der Waals surface area contributed by atoms with Gasteiger partial charge in [-0.3, -0.25) is 4.90 Å². The summed E-state index contributed by atoms with van der Waals surface area (Å²) in [6.45, 7) is 5.11. The van der Waals surface area contributed by atoms with E-state index >= 15 is 0 Å². The molecule has 20 heavy (non-hydrogen) atoms. The number of hydrogen-bond donors (Lipinski definition) is 0. The van der Waals surface area contributed by atoms with Gasteiger partial charge in [0.25, 0.3) is 0 Å². The molecule has 0 N–H and O–H groups in total. The minimum atomic E-state index is 0.301. The zero-order chi connectivity index (χ0) is 13.8. The molecule has 0 amide bonds. The second-order valence-electron chi connectivity index (χ2n) is 6.95. The van der Waals surface area contributed by atoms with Crippen LogP contribution < -0.4 is 0 Å². The molecule has 0 aromatic heterocycles. The normalized spacial score (nSPS) is 34.8. The second-order valence-corrected chi connectivity index (χ2v) is 6.95. The van der Waals surface area contributed by atoms with Crippen molar-refractivity contribution in [1.29, 1.82) is 5.26 Å². The van der Waals surface area contributed by atoms with Crippen LogP contribution in [-0.4, -0.2) is 48.1 Å². The lowest BCUT2D eigenvalue weighted by atomic mass is 9.83. The van der Waals surface area contributed by atoms with Crippen molar-refractivity contribution in [2.45, 2.75) is 69.9 Å². The van der Waals surface area contributed by atoms with E-state index in [0.29, 0.717) is 12.0 Å². The predicted molar refractivity (Wildman–Crippen MR) is 81.4 cm³/mol. The first-order valence-corrected chi connectivity index (χ1v) is 8.76. The molecule has 2 aliphatic heterocycles. The molecule has 0 radical (unpaired) electrons. The number of rotatable bonds is 2. The van der Waals surface area contributed by atoms with E-state index in [9.17, 15) is 5.26 Å². The van der Waals surface area contributed by atoms with Crippen molar-refractivity contribution in [2.75, 3.05) is 26.2 Å². The third-order valence-corrected chi connectivity index (χ3v) is 5.77. The fourth-order valence-corrected chi connectivity index (χ4v) is 4.57. The fraction of sp³-hybridized carbons (Fsp3) is 0.941. The van der Waals surface area contributed by atoms with Crippen LogP contribution in [0.15, 0.2) is 0 Å². The average molecular weight is 275 g/mol. The highest BCUT2D eigenvalue weighted by Crippen LogP contribution is 2.31. The number of hydrogen-bond acceptors (Lipinski definition) is 3. The zero-order valence-corrected chi connectivity index (χ0v) is 12.8. The van der Waals surface area contributed by atoms with Gasteiger partial charge in [-0.15, -0.1) is 0 Å². The Bertz CT molecular complexity index is 335. The fourth-order valence-electron chi connectivity index (χ4n) is 4.57. The molecule has 1 saturated carbocycles. The van der Waals surface area contributed by atoms with E-state index in [1.165, 1.54) is 77.5 Å². The van der Waals surface area contributed by atoms with Gasteiger partial charge in [-0.2, -0.15) is 5.26 Å². The molecule has 1 aliphatic carbocycles. The average Bonchev–Trinajstić information content (AvgIpc) is 2.56. The van der Waals surface area contributed by atoms with E-state index in [0.717, 1.165) is 12.5 Å². The second kappa shape index (κ2) is 6.91. The first kappa shape index (κ1) is 14.4. The monoisotopic (exact) mass is 275 g/mol. The molecule has 0 spiro atoms. The van der Waals surface area contributed by atoms with Crippen LogP contribution in [0.1, 0.15) is 57.8 Å². The van der Waals surface area contributed by atoms with Crippen LogP contribution in [0.3, 0.4) is 0 Å². The SMILES string of the molecule is N#CC1CCCCC1N1CCC(N2CCCCC2)CC1. The maximum atomic E-state index is 9.36. The standard InChI is InChI=1S/C17H29N3/c18-14-15-6-2-3-7-17(15)20-12-8-16(9-13-20)19-10-4-1-5-11-19/h15-17H,1-13H2. The molecular formula is C17H29N3. The first-order valence-electron chi connectivity index (χ1n) is 8.76. The van der Waals surface area contributed by atoms with Crippen LogP contribution in [-0.2, 0) is 0 Å². The van der Waals surface area contributed by atoms with Gasteiger partial charge in [0.1, 0.15) is 0 Å². The van der Waals surface area contributed by atoms with E-state index in [1.807, 2.05) is 0 Å². The van der Waals surface area contributed by atoms with Crippen LogP contribution in [0, 0.1) is 17.2 Å². The van der Waals surface area contributed by atoms with E-state index in [1.54, 1.807) is 0 Å². The zero-order valence-electron chi connectivity index (χ0n) is 12.8. The summed E-state index contributed by atoms with van der Waals surface area (Å²) in [7, 11) is 0. The van der Waals surface area contributed by atoms with Gasteiger partial charge < -0.3 is 4.90 Å². The minimum Gasteiger partial charge on any atom is -0.300 e. The quantitative estimate of drug-likeness (QED) is 0.776. The third-order valence-electron chi connectivity index (χ3n) is 5.77. The molecule has 3 nitrogen and oxygen atoms in total. The Balaban J connectivity index is 1.51. The Morgan fingerprint density at radius 1 is 0.700 bits per heavy atom. The summed E-state index contributed by atoms with van der Waals surface area (Å²) in [4.78, 5) is 5.39. The van der Waals surface area contributed by atoms with Gasteiger partial charge in [0.05, 0.1) is 12.0 Å². The van der Waals surface area contributed by atoms with Crippen molar-refractivity contribution < 1.29 is 0 Å². The maximum absolute atomic E-state index is 9.36. The molecule has 0 aromatic rings. The van der Waals surface area contributed by atoms with Crippen LogP contribution in [0.2, 0.25) is 0 Å². The summed E-state index contributed by atoms with van der Waals surface area (Å²) in [6.07, 6.45) is 11.9. The molecule has 0 aromatic carbocycles. The lowest BCUT2D eigenvalue weighted by Crippen LogP contribution is -2.51. The number of piperidine rings is 2. The predicted octanol–water partition coefficient (Wildman–Crippen LogP) is 3.02. The Kier molecular flexibility index (Phi) is 4.96. The highest BCUT2D eigenvalue weighted by Gasteiger charge is 2.33. The van der Waals surface area contributed by atoms with Crippen molar-refractivity contribution in [3.63, 3.8) is 0 Å². The van der Waals surface area contributed by atoms with Gasteiger partial charge in [0.15, 0.2) is 0 Å². The molecular weight excluding hydrogens is 246 g/mol. The summed E-state index contributed by atoms with van der Waals surface area (Å²) < 4.78 is 0. The highest BCUT2D eigenvalue weighted by molar-refractivity contribution is 4.97. The smallest absolute Gasteiger partial charge is 0.0672 e. The topological polar surface area (TPSA) is 30.3 Å². The molecule has 2 heterocycles. The molecule has 3 fully saturated rings. The van der Waals surface area contributed by atoms with E-state index in [4.69, 9.17) is 0 Å². The van der Waals surface area contributed by atoms with Gasteiger partial charge in [0, 0.05) is 12.1 Å². The van der Waals surface area contributed by atoms with Crippen LogP contribution in [0.5, 0.6) is 0 Å². The van der Waals surface area contributed by atoms with Crippen molar-refractivity contribution in [3.8, 4) is 6.07 Å². The van der Waals surface area contributed by atoms with Crippen LogP contribution in [0.4, 0.5) is 0 Å². The van der Waals surface area contributed by atoms with Gasteiger partial charge in [0.2, 0.25) is 0 Å². The summed E-state index contributed by atoms with van der Waals surface area (Å²) in [5.74, 6) is 0.301. The highest BCUT2D eigenvalue weighted by atomic mass is 15.2. The lowest BCUT2D eigenvalue weighted by Gasteiger charge is -2.44. The molecule has 2 atom stereocenters. The van der Waals surface area contributed by atoms with Gasteiger partial charge in [-0.1, -0.05) is 19.3 Å². The molecule has 3 heteroatoms. The summed E-state index contributed by atoms with van der Waals surface area (Å²) in [5, 5.41) is 9.36. The molecule has 3 aliphatic rings. The molecule has 2 saturated heterocycles. The summed E-state index contributed by atoms with van der Waals surface area (Å²) in [5.41, 5.74) is 0. The van der Waals surface area contributed by atoms with Crippen molar-refractivity contribution in [1.82, 2.24) is 9.80 Å². The van der Waals surface area contributed by atoms with Gasteiger partial charge in [-0.25, -0.2) is 0 Å². The maximum Gasteiger partial charge on any atom is 0.0672 e. The minimum absolute atomic E-state index is 0.301. The van der Waals surface area contributed by atoms with Crippen molar-refractivity contribution in [2.24, 2.45) is 5.92 Å². The Labute approximate surface area is 123 Å². The van der Waals surface area contributed by atoms with E-state index in [2.05, 4.69) is 15.9 Å². The third kappa shape index (κ3) is 3.18. The van der Waals surface area contributed by atoms with Crippen molar-refractivity contribution in [3.05, 3.63) is 0 Å². The summed E-state index contributed by atoms with van der Waals surface area (Å²) >= 11 is 0. The van der Waals surface area contributed by atoms with Crippen LogP contribution >= 0.6 is 0 Å². The number of likely N-dealkylation sites (tertiary alicyclic amines) is 2. The lowest BCUT2D eigenvalue weighted by molar-refractivity contribution is 0.0505.